The first-order chi connectivity index (χ1) is 12.6. The van der Waals surface area contributed by atoms with Crippen LogP contribution in [0.2, 0.25) is 0 Å². The fourth-order valence-corrected chi connectivity index (χ4v) is 4.08. The molecule has 0 amide bonds. The number of carbonyl (C=O) groups excluding carboxylic acids is 1. The molecular formula is C19H19N5OS. The number of Topliss-reactive ketones (excluding diaryl/α,β-unsaturated/α-hetero) is 1. The molecule has 6 nitrogen and oxygen atoms in total. The molecule has 26 heavy (non-hydrogen) atoms. The predicted octanol–water partition coefficient (Wildman–Crippen LogP) is 3.79. The third-order valence-electron chi connectivity index (χ3n) is 4.52. The summed E-state index contributed by atoms with van der Waals surface area (Å²) >= 11 is 1.42. The summed E-state index contributed by atoms with van der Waals surface area (Å²) in [6.07, 6.45) is 1.84. The number of ketones is 1. The molecule has 0 saturated carbocycles. The molecule has 4 aromatic rings. The second-order valence-corrected chi connectivity index (χ2v) is 7.10. The van der Waals surface area contributed by atoms with Gasteiger partial charge in [0, 0.05) is 23.5 Å². The van der Waals surface area contributed by atoms with E-state index < -0.39 is 0 Å². The van der Waals surface area contributed by atoms with Gasteiger partial charge < -0.3 is 4.57 Å². The van der Waals surface area contributed by atoms with Crippen LogP contribution < -0.4 is 0 Å². The van der Waals surface area contributed by atoms with Gasteiger partial charge >= 0.3 is 0 Å². The number of hydrogen-bond donors (Lipinski definition) is 1. The minimum atomic E-state index is 0.0963. The van der Waals surface area contributed by atoms with Crippen LogP contribution >= 0.6 is 11.8 Å². The van der Waals surface area contributed by atoms with E-state index in [4.69, 9.17) is 0 Å². The summed E-state index contributed by atoms with van der Waals surface area (Å²) < 4.78 is 4.05. The molecule has 0 spiro atoms. The summed E-state index contributed by atoms with van der Waals surface area (Å²) in [4.78, 5) is 17.3. The number of para-hydroxylation sites is 2. The SMILES string of the molecule is C=CCn1c(C)cc(C(=O)CSc2n[nH]c3nc4ccccc4n23)c1C. The Morgan fingerprint density at radius 3 is 2.96 bits per heavy atom. The van der Waals surface area contributed by atoms with Crippen LogP contribution in [0.15, 0.2) is 48.1 Å². The van der Waals surface area contributed by atoms with Crippen LogP contribution in [0.3, 0.4) is 0 Å². The Labute approximate surface area is 154 Å². The number of fused-ring (bicyclic) bond motifs is 3. The van der Waals surface area contributed by atoms with E-state index in [9.17, 15) is 4.79 Å². The van der Waals surface area contributed by atoms with Gasteiger partial charge in [0.1, 0.15) is 0 Å². The summed E-state index contributed by atoms with van der Waals surface area (Å²) in [7, 11) is 0. The average molecular weight is 365 g/mol. The lowest BCUT2D eigenvalue weighted by Crippen LogP contribution is -2.06. The number of aromatic nitrogens is 5. The van der Waals surface area contributed by atoms with Crippen LogP contribution in [0.4, 0.5) is 0 Å². The van der Waals surface area contributed by atoms with Gasteiger partial charge in [-0.2, -0.15) is 0 Å². The first-order valence-electron chi connectivity index (χ1n) is 8.35. The zero-order valence-electron chi connectivity index (χ0n) is 14.7. The van der Waals surface area contributed by atoms with Crippen LogP contribution in [-0.2, 0) is 6.54 Å². The Kier molecular flexibility index (Phi) is 4.16. The number of nitrogens with zero attached hydrogens (tertiary/aromatic N) is 4. The quantitative estimate of drug-likeness (QED) is 0.321. The highest BCUT2D eigenvalue weighted by Crippen LogP contribution is 2.24. The lowest BCUT2D eigenvalue weighted by molar-refractivity contribution is 0.102. The van der Waals surface area contributed by atoms with Crippen molar-refractivity contribution in [3.05, 3.63) is 59.9 Å². The molecule has 3 heterocycles. The molecule has 0 fully saturated rings. The van der Waals surface area contributed by atoms with Gasteiger partial charge in [0.05, 0.1) is 16.8 Å². The summed E-state index contributed by atoms with van der Waals surface area (Å²) in [5.41, 5.74) is 4.70. The van der Waals surface area contributed by atoms with E-state index in [0.29, 0.717) is 18.1 Å². The number of benzene rings is 1. The number of thioether (sulfide) groups is 1. The van der Waals surface area contributed by atoms with Gasteiger partial charge in [0.2, 0.25) is 5.78 Å². The van der Waals surface area contributed by atoms with E-state index >= 15 is 0 Å². The molecule has 0 aliphatic carbocycles. The van der Waals surface area contributed by atoms with Gasteiger partial charge in [-0.25, -0.2) is 10.1 Å². The molecule has 0 aliphatic rings. The monoisotopic (exact) mass is 365 g/mol. The number of carbonyl (C=O) groups is 1. The van der Waals surface area contributed by atoms with Crippen LogP contribution in [0, 0.1) is 13.8 Å². The lowest BCUT2D eigenvalue weighted by Gasteiger charge is -2.06. The van der Waals surface area contributed by atoms with Gasteiger partial charge in [-0.1, -0.05) is 30.0 Å². The maximum Gasteiger partial charge on any atom is 0.231 e. The number of hydrogen-bond acceptors (Lipinski definition) is 4. The number of nitrogens with one attached hydrogen (secondary N) is 1. The number of imidazole rings is 1. The lowest BCUT2D eigenvalue weighted by atomic mass is 10.2. The van der Waals surface area contributed by atoms with E-state index in [2.05, 4.69) is 26.3 Å². The molecule has 4 rings (SSSR count). The van der Waals surface area contributed by atoms with Crippen molar-refractivity contribution in [3.8, 4) is 0 Å². The first-order valence-corrected chi connectivity index (χ1v) is 9.34. The molecule has 0 bridgehead atoms. The van der Waals surface area contributed by atoms with Crippen molar-refractivity contribution in [2.45, 2.75) is 25.5 Å². The molecule has 1 aromatic carbocycles. The Morgan fingerprint density at radius 1 is 1.35 bits per heavy atom. The van der Waals surface area contributed by atoms with E-state index in [-0.39, 0.29) is 5.78 Å². The number of aryl methyl sites for hydroxylation is 1. The summed E-state index contributed by atoms with van der Waals surface area (Å²) in [6, 6.07) is 9.84. The van der Waals surface area contributed by atoms with Crippen LogP contribution in [0.25, 0.3) is 16.8 Å². The van der Waals surface area contributed by atoms with Gasteiger partial charge in [0.15, 0.2) is 10.9 Å². The molecule has 7 heteroatoms. The minimum Gasteiger partial charge on any atom is -0.345 e. The molecule has 0 unspecified atom stereocenters. The molecule has 0 saturated heterocycles. The number of rotatable bonds is 6. The second kappa shape index (κ2) is 6.49. The van der Waals surface area contributed by atoms with Crippen molar-refractivity contribution in [1.29, 1.82) is 0 Å². The van der Waals surface area contributed by atoms with Crippen molar-refractivity contribution in [2.24, 2.45) is 0 Å². The Hall–Kier alpha value is -2.80. The van der Waals surface area contributed by atoms with Gasteiger partial charge in [-0.05, 0) is 32.0 Å². The second-order valence-electron chi connectivity index (χ2n) is 6.16. The highest BCUT2D eigenvalue weighted by atomic mass is 32.2. The first kappa shape index (κ1) is 16.7. The molecule has 132 valence electrons. The molecule has 0 aliphatic heterocycles. The highest BCUT2D eigenvalue weighted by Gasteiger charge is 2.18. The molecule has 1 N–H and O–H groups in total. The van der Waals surface area contributed by atoms with Crippen molar-refractivity contribution < 1.29 is 4.79 Å². The fourth-order valence-electron chi connectivity index (χ4n) is 3.24. The van der Waals surface area contributed by atoms with E-state index in [0.717, 1.165) is 33.1 Å². The van der Waals surface area contributed by atoms with Crippen molar-refractivity contribution in [1.82, 2.24) is 24.1 Å². The number of H-pyrrole nitrogens is 1. The third kappa shape index (κ3) is 2.64. The van der Waals surface area contributed by atoms with E-state index in [1.165, 1.54) is 11.8 Å². The highest BCUT2D eigenvalue weighted by molar-refractivity contribution is 7.99. The molecule has 0 radical (unpaired) electrons. The van der Waals surface area contributed by atoms with Gasteiger partial charge in [-0.3, -0.25) is 9.20 Å². The Balaban J connectivity index is 1.60. The summed E-state index contributed by atoms with van der Waals surface area (Å²) in [5, 5.41) is 7.99. The topological polar surface area (TPSA) is 68.0 Å². The zero-order valence-corrected chi connectivity index (χ0v) is 15.5. The normalized spacial score (nSPS) is 11.5. The van der Waals surface area contributed by atoms with Crippen molar-refractivity contribution >= 4 is 34.4 Å². The van der Waals surface area contributed by atoms with Crippen LogP contribution in [0.5, 0.6) is 0 Å². The van der Waals surface area contributed by atoms with Crippen LogP contribution in [-0.4, -0.2) is 35.7 Å². The minimum absolute atomic E-state index is 0.0963. The standard InChI is InChI=1S/C19H19N5OS/c1-4-9-23-12(2)10-14(13(23)3)17(25)11-26-19-22-21-18-20-15-7-5-6-8-16(15)24(18)19/h4-8,10H,1,9,11H2,2-3H3,(H,20,21). The fraction of sp³-hybridized carbons (Fsp3) is 0.211. The molecule has 3 aromatic heterocycles. The van der Waals surface area contributed by atoms with E-state index in [1.54, 1.807) is 0 Å². The van der Waals surface area contributed by atoms with E-state index in [1.807, 2.05) is 54.7 Å². The smallest absolute Gasteiger partial charge is 0.231 e. The summed E-state index contributed by atoms with van der Waals surface area (Å²) in [6.45, 7) is 8.47. The zero-order chi connectivity index (χ0) is 18.3. The van der Waals surface area contributed by atoms with Crippen LogP contribution in [0.1, 0.15) is 21.7 Å². The molecule has 0 atom stereocenters. The Bertz CT molecular complexity index is 1130. The maximum atomic E-state index is 12.7. The van der Waals surface area contributed by atoms with Crippen molar-refractivity contribution in [3.63, 3.8) is 0 Å². The average Bonchev–Trinajstić information content (AvgIpc) is 3.28. The van der Waals surface area contributed by atoms with Gasteiger partial charge in [0.25, 0.3) is 0 Å². The predicted molar refractivity (Wildman–Crippen MR) is 104 cm³/mol. The largest absolute Gasteiger partial charge is 0.345 e. The maximum absolute atomic E-state index is 12.7. The van der Waals surface area contributed by atoms with Gasteiger partial charge in [-0.15, -0.1) is 11.7 Å². The summed E-state index contributed by atoms with van der Waals surface area (Å²) in [5.74, 6) is 1.11. The molecular weight excluding hydrogens is 346 g/mol. The number of aromatic amines is 1. The Morgan fingerprint density at radius 2 is 2.15 bits per heavy atom. The van der Waals surface area contributed by atoms with Crippen molar-refractivity contribution in [2.75, 3.05) is 5.75 Å². The third-order valence-corrected chi connectivity index (χ3v) is 5.46. The number of allylic oxidation sites excluding steroid dienone is 1.